The van der Waals surface area contributed by atoms with Crippen LogP contribution in [0.15, 0.2) is 18.5 Å². The molecule has 1 aliphatic carbocycles. The zero-order valence-corrected chi connectivity index (χ0v) is 11.7. The number of pyridine rings is 1. The fraction of sp³-hybridized carbons (Fsp3) is 0.667. The maximum atomic E-state index is 10.8. The molecule has 1 N–H and O–H groups in total. The number of aliphatic hydroxyl groups is 1. The van der Waals surface area contributed by atoms with Crippen LogP contribution in [0.1, 0.15) is 49.3 Å². The van der Waals surface area contributed by atoms with Crippen molar-refractivity contribution in [3.05, 3.63) is 29.6 Å². The van der Waals surface area contributed by atoms with Gasteiger partial charge in [-0.3, -0.25) is 4.98 Å². The molecule has 3 nitrogen and oxygen atoms in total. The number of nitrogens with zero attached hydrogens (tertiary/aromatic N) is 2. The van der Waals surface area contributed by atoms with Gasteiger partial charge >= 0.3 is 0 Å². The Kier molecular flexibility index (Phi) is 4.03. The van der Waals surface area contributed by atoms with E-state index in [0.717, 1.165) is 24.0 Å². The van der Waals surface area contributed by atoms with Crippen molar-refractivity contribution in [2.24, 2.45) is 0 Å². The smallest absolute Gasteiger partial charge is 0.0988 e. The molecule has 1 heterocycles. The number of hydrogen-bond acceptors (Lipinski definition) is 3. The van der Waals surface area contributed by atoms with Crippen molar-refractivity contribution in [1.29, 1.82) is 0 Å². The van der Waals surface area contributed by atoms with Crippen LogP contribution in [0.4, 0.5) is 0 Å². The molecule has 0 aliphatic heterocycles. The summed E-state index contributed by atoms with van der Waals surface area (Å²) in [4.78, 5) is 6.42. The molecule has 1 aromatic rings. The van der Waals surface area contributed by atoms with E-state index in [1.807, 2.05) is 13.1 Å². The molecule has 0 aromatic carbocycles. The first kappa shape index (κ1) is 13.5. The monoisotopic (exact) mass is 248 g/mol. The summed E-state index contributed by atoms with van der Waals surface area (Å²) in [6.07, 6.45) is 9.01. The Morgan fingerprint density at radius 2 is 1.89 bits per heavy atom. The van der Waals surface area contributed by atoms with Gasteiger partial charge in [0.1, 0.15) is 0 Å². The Labute approximate surface area is 110 Å². The molecule has 1 fully saturated rings. The SMILES string of the molecule is Cc1cncc(C(O)C2(N(C)C)CCCCC2)c1. The van der Waals surface area contributed by atoms with Gasteiger partial charge < -0.3 is 10.0 Å². The van der Waals surface area contributed by atoms with Crippen LogP contribution in [0.3, 0.4) is 0 Å². The number of rotatable bonds is 3. The third-order valence-electron chi connectivity index (χ3n) is 4.33. The molecular weight excluding hydrogens is 224 g/mol. The largest absolute Gasteiger partial charge is 0.386 e. The molecule has 1 aliphatic rings. The number of aliphatic hydroxyl groups excluding tert-OH is 1. The number of aromatic nitrogens is 1. The second-order valence-electron chi connectivity index (χ2n) is 5.76. The summed E-state index contributed by atoms with van der Waals surface area (Å²) in [5.74, 6) is 0. The van der Waals surface area contributed by atoms with Gasteiger partial charge in [-0.15, -0.1) is 0 Å². The molecular formula is C15H24N2O. The van der Waals surface area contributed by atoms with Crippen LogP contribution < -0.4 is 0 Å². The Balaban J connectivity index is 2.31. The molecule has 1 unspecified atom stereocenters. The average Bonchev–Trinajstić information content (AvgIpc) is 2.38. The highest BCUT2D eigenvalue weighted by Gasteiger charge is 2.41. The lowest BCUT2D eigenvalue weighted by atomic mass is 9.74. The minimum absolute atomic E-state index is 0.117. The first-order chi connectivity index (χ1) is 8.56. The highest BCUT2D eigenvalue weighted by molar-refractivity contribution is 5.22. The molecule has 18 heavy (non-hydrogen) atoms. The normalized spacial score (nSPS) is 20.9. The van der Waals surface area contributed by atoms with E-state index in [2.05, 4.69) is 30.0 Å². The molecule has 0 spiro atoms. The minimum atomic E-state index is -0.444. The first-order valence-electron chi connectivity index (χ1n) is 6.83. The quantitative estimate of drug-likeness (QED) is 0.893. The summed E-state index contributed by atoms with van der Waals surface area (Å²) in [6, 6.07) is 2.05. The number of hydrogen-bond donors (Lipinski definition) is 1. The maximum Gasteiger partial charge on any atom is 0.0988 e. The van der Waals surface area contributed by atoms with Gasteiger partial charge in [-0.2, -0.15) is 0 Å². The number of likely N-dealkylation sites (N-methyl/N-ethyl adjacent to an activating group) is 1. The zero-order valence-electron chi connectivity index (χ0n) is 11.7. The summed E-state index contributed by atoms with van der Waals surface area (Å²) < 4.78 is 0. The van der Waals surface area contributed by atoms with Crippen LogP contribution in [-0.2, 0) is 0 Å². The van der Waals surface area contributed by atoms with E-state index >= 15 is 0 Å². The molecule has 0 saturated heterocycles. The Hall–Kier alpha value is -0.930. The van der Waals surface area contributed by atoms with E-state index in [9.17, 15) is 5.11 Å². The van der Waals surface area contributed by atoms with Crippen molar-refractivity contribution in [1.82, 2.24) is 9.88 Å². The van der Waals surface area contributed by atoms with Crippen LogP contribution in [0.2, 0.25) is 0 Å². The van der Waals surface area contributed by atoms with Crippen molar-refractivity contribution in [3.8, 4) is 0 Å². The van der Waals surface area contributed by atoms with E-state index in [0.29, 0.717) is 0 Å². The van der Waals surface area contributed by atoms with Crippen LogP contribution in [0.25, 0.3) is 0 Å². The highest BCUT2D eigenvalue weighted by atomic mass is 16.3. The zero-order chi connectivity index (χ0) is 13.2. The minimum Gasteiger partial charge on any atom is -0.386 e. The molecule has 0 amide bonds. The van der Waals surface area contributed by atoms with E-state index in [1.165, 1.54) is 19.3 Å². The van der Waals surface area contributed by atoms with Crippen LogP contribution in [-0.4, -0.2) is 34.6 Å². The van der Waals surface area contributed by atoms with Gasteiger partial charge in [-0.05, 0) is 39.4 Å². The Bertz CT molecular complexity index is 397. The molecule has 2 rings (SSSR count). The van der Waals surface area contributed by atoms with Crippen LogP contribution in [0.5, 0.6) is 0 Å². The summed E-state index contributed by atoms with van der Waals surface area (Å²) in [5.41, 5.74) is 1.94. The molecule has 3 heteroatoms. The lowest BCUT2D eigenvalue weighted by Gasteiger charge is -2.46. The van der Waals surface area contributed by atoms with Gasteiger partial charge in [-0.25, -0.2) is 0 Å². The average molecular weight is 248 g/mol. The molecule has 0 bridgehead atoms. The molecule has 100 valence electrons. The predicted octanol–water partition coefficient (Wildman–Crippen LogP) is 2.69. The highest BCUT2D eigenvalue weighted by Crippen LogP contribution is 2.41. The fourth-order valence-corrected chi connectivity index (χ4v) is 3.17. The lowest BCUT2D eigenvalue weighted by Crippen LogP contribution is -2.50. The fourth-order valence-electron chi connectivity index (χ4n) is 3.17. The van der Waals surface area contributed by atoms with E-state index in [4.69, 9.17) is 0 Å². The van der Waals surface area contributed by atoms with Crippen molar-refractivity contribution in [3.63, 3.8) is 0 Å². The maximum absolute atomic E-state index is 10.8. The van der Waals surface area contributed by atoms with Crippen molar-refractivity contribution < 1.29 is 5.11 Å². The summed E-state index contributed by atoms with van der Waals surface area (Å²) in [7, 11) is 4.16. The van der Waals surface area contributed by atoms with Crippen molar-refractivity contribution in [2.75, 3.05) is 14.1 Å². The molecule has 1 aromatic heterocycles. The van der Waals surface area contributed by atoms with E-state index in [1.54, 1.807) is 6.20 Å². The first-order valence-corrected chi connectivity index (χ1v) is 6.83. The van der Waals surface area contributed by atoms with Gasteiger partial charge in [-0.1, -0.05) is 25.3 Å². The summed E-state index contributed by atoms with van der Waals surface area (Å²) in [6.45, 7) is 2.02. The predicted molar refractivity (Wildman–Crippen MR) is 73.4 cm³/mol. The van der Waals surface area contributed by atoms with Gasteiger partial charge in [0.25, 0.3) is 0 Å². The summed E-state index contributed by atoms with van der Waals surface area (Å²) in [5, 5.41) is 10.8. The van der Waals surface area contributed by atoms with Crippen LogP contribution >= 0.6 is 0 Å². The standard InChI is InChI=1S/C15H24N2O/c1-12-9-13(11-16-10-12)14(18)15(17(2)3)7-5-4-6-8-15/h9-11,14,18H,4-8H2,1-3H3. The van der Waals surface area contributed by atoms with Crippen molar-refractivity contribution in [2.45, 2.75) is 50.7 Å². The van der Waals surface area contributed by atoms with Gasteiger partial charge in [0.15, 0.2) is 0 Å². The third-order valence-corrected chi connectivity index (χ3v) is 4.33. The van der Waals surface area contributed by atoms with Crippen molar-refractivity contribution >= 4 is 0 Å². The molecule has 1 saturated carbocycles. The number of aryl methyl sites for hydroxylation is 1. The molecule has 0 radical (unpaired) electrons. The Morgan fingerprint density at radius 1 is 1.22 bits per heavy atom. The van der Waals surface area contributed by atoms with E-state index in [-0.39, 0.29) is 5.54 Å². The summed E-state index contributed by atoms with van der Waals surface area (Å²) >= 11 is 0. The van der Waals surface area contributed by atoms with Gasteiger partial charge in [0, 0.05) is 18.0 Å². The lowest BCUT2D eigenvalue weighted by molar-refractivity contribution is -0.0337. The van der Waals surface area contributed by atoms with Gasteiger partial charge in [0.05, 0.1) is 11.6 Å². The van der Waals surface area contributed by atoms with Gasteiger partial charge in [0.2, 0.25) is 0 Å². The second-order valence-corrected chi connectivity index (χ2v) is 5.76. The van der Waals surface area contributed by atoms with Crippen LogP contribution in [0, 0.1) is 6.92 Å². The Morgan fingerprint density at radius 3 is 2.44 bits per heavy atom. The third kappa shape index (κ3) is 2.43. The second kappa shape index (κ2) is 5.37. The van der Waals surface area contributed by atoms with E-state index < -0.39 is 6.10 Å². The topological polar surface area (TPSA) is 36.4 Å². The molecule has 1 atom stereocenters.